The SMILES string of the molecule is COc1ccc(C=CC(=O)Nc2ccc(-c3nnc4n3CCCCC4)cc2)cc1. The van der Waals surface area contributed by atoms with E-state index in [0.717, 1.165) is 53.6 Å². The average Bonchev–Trinajstić information content (AvgIpc) is 3.01. The van der Waals surface area contributed by atoms with E-state index in [0.29, 0.717) is 0 Å². The fourth-order valence-corrected chi connectivity index (χ4v) is 3.47. The number of aromatic nitrogens is 3. The lowest BCUT2D eigenvalue weighted by molar-refractivity contribution is -0.111. The maximum atomic E-state index is 12.2. The smallest absolute Gasteiger partial charge is 0.248 e. The van der Waals surface area contributed by atoms with Gasteiger partial charge in [-0.3, -0.25) is 4.79 Å². The van der Waals surface area contributed by atoms with E-state index < -0.39 is 0 Å². The summed E-state index contributed by atoms with van der Waals surface area (Å²) in [5.41, 5.74) is 2.69. The average molecular weight is 388 g/mol. The van der Waals surface area contributed by atoms with Gasteiger partial charge in [0.05, 0.1) is 7.11 Å². The summed E-state index contributed by atoms with van der Waals surface area (Å²) in [6.45, 7) is 0.965. The van der Waals surface area contributed by atoms with Crippen molar-refractivity contribution >= 4 is 17.7 Å². The predicted octanol–water partition coefficient (Wildman–Crippen LogP) is 4.33. The van der Waals surface area contributed by atoms with Crippen molar-refractivity contribution in [2.75, 3.05) is 12.4 Å². The standard InChI is InChI=1S/C23H24N4O2/c1-29-20-13-6-17(7-14-20)8-15-22(28)24-19-11-9-18(10-12-19)23-26-25-21-5-3-2-4-16-27(21)23/h6-15H,2-5,16H2,1H3,(H,24,28). The third-order valence-corrected chi connectivity index (χ3v) is 5.06. The Morgan fingerprint density at radius 1 is 1.03 bits per heavy atom. The van der Waals surface area contributed by atoms with Crippen molar-refractivity contribution in [3.63, 3.8) is 0 Å². The third kappa shape index (κ3) is 4.54. The van der Waals surface area contributed by atoms with Crippen LogP contribution in [0.5, 0.6) is 5.75 Å². The number of amides is 1. The molecular weight excluding hydrogens is 364 g/mol. The van der Waals surface area contributed by atoms with Gasteiger partial charge in [0.1, 0.15) is 11.6 Å². The van der Waals surface area contributed by atoms with Crippen molar-refractivity contribution in [3.8, 4) is 17.1 Å². The molecule has 0 unspecified atom stereocenters. The molecule has 6 heteroatoms. The molecule has 0 radical (unpaired) electrons. The fraction of sp³-hybridized carbons (Fsp3) is 0.261. The Balaban J connectivity index is 1.41. The molecule has 148 valence electrons. The first-order valence-corrected chi connectivity index (χ1v) is 9.88. The van der Waals surface area contributed by atoms with Crippen LogP contribution in [0.15, 0.2) is 54.6 Å². The van der Waals surface area contributed by atoms with Gasteiger partial charge in [0.2, 0.25) is 5.91 Å². The zero-order valence-corrected chi connectivity index (χ0v) is 16.5. The molecule has 0 fully saturated rings. The number of hydrogen-bond acceptors (Lipinski definition) is 4. The molecule has 1 aromatic heterocycles. The van der Waals surface area contributed by atoms with Crippen LogP contribution >= 0.6 is 0 Å². The van der Waals surface area contributed by atoms with E-state index in [4.69, 9.17) is 4.74 Å². The Hall–Kier alpha value is -3.41. The van der Waals surface area contributed by atoms with Crippen molar-refractivity contribution in [1.82, 2.24) is 14.8 Å². The van der Waals surface area contributed by atoms with Gasteiger partial charge >= 0.3 is 0 Å². The van der Waals surface area contributed by atoms with E-state index >= 15 is 0 Å². The summed E-state index contributed by atoms with van der Waals surface area (Å²) < 4.78 is 7.35. The van der Waals surface area contributed by atoms with Crippen molar-refractivity contribution in [3.05, 3.63) is 66.0 Å². The van der Waals surface area contributed by atoms with Crippen LogP contribution in [0.2, 0.25) is 0 Å². The van der Waals surface area contributed by atoms with Gasteiger partial charge in [-0.1, -0.05) is 18.6 Å². The molecule has 0 atom stereocenters. The number of methoxy groups -OCH3 is 1. The largest absolute Gasteiger partial charge is 0.497 e. The van der Waals surface area contributed by atoms with Gasteiger partial charge in [0.15, 0.2) is 5.82 Å². The van der Waals surface area contributed by atoms with Gasteiger partial charge < -0.3 is 14.6 Å². The molecule has 2 aromatic carbocycles. The van der Waals surface area contributed by atoms with E-state index in [1.807, 2.05) is 48.5 Å². The quantitative estimate of drug-likeness (QED) is 0.661. The Morgan fingerprint density at radius 2 is 1.83 bits per heavy atom. The van der Waals surface area contributed by atoms with Gasteiger partial charge in [0, 0.05) is 30.3 Å². The molecule has 3 aromatic rings. The number of rotatable bonds is 5. The van der Waals surface area contributed by atoms with E-state index in [9.17, 15) is 4.79 Å². The summed E-state index contributed by atoms with van der Waals surface area (Å²) in [5, 5.41) is 11.6. The minimum atomic E-state index is -0.176. The zero-order valence-electron chi connectivity index (χ0n) is 16.5. The minimum absolute atomic E-state index is 0.176. The highest BCUT2D eigenvalue weighted by molar-refractivity contribution is 6.02. The van der Waals surface area contributed by atoms with Crippen LogP contribution in [0.1, 0.15) is 30.7 Å². The molecule has 1 aliphatic rings. The highest BCUT2D eigenvalue weighted by Gasteiger charge is 2.15. The van der Waals surface area contributed by atoms with Gasteiger partial charge in [-0.15, -0.1) is 10.2 Å². The number of anilines is 1. The molecular formula is C23H24N4O2. The van der Waals surface area contributed by atoms with Crippen LogP contribution in [0, 0.1) is 0 Å². The van der Waals surface area contributed by atoms with Gasteiger partial charge in [-0.25, -0.2) is 0 Å². The van der Waals surface area contributed by atoms with E-state index in [-0.39, 0.29) is 5.91 Å². The second-order valence-corrected chi connectivity index (χ2v) is 7.08. The first-order chi connectivity index (χ1) is 14.2. The molecule has 29 heavy (non-hydrogen) atoms. The normalized spacial score (nSPS) is 13.7. The number of carbonyl (C=O) groups is 1. The number of aryl methyl sites for hydroxylation is 1. The molecule has 4 rings (SSSR count). The number of fused-ring (bicyclic) bond motifs is 1. The molecule has 1 aliphatic heterocycles. The van der Waals surface area contributed by atoms with Crippen LogP contribution in [-0.2, 0) is 17.8 Å². The second kappa shape index (κ2) is 8.73. The van der Waals surface area contributed by atoms with Gasteiger partial charge in [-0.2, -0.15) is 0 Å². The Bertz CT molecular complexity index is 1000. The molecule has 0 saturated carbocycles. The van der Waals surface area contributed by atoms with Crippen LogP contribution < -0.4 is 10.1 Å². The highest BCUT2D eigenvalue weighted by atomic mass is 16.5. The predicted molar refractivity (Wildman–Crippen MR) is 114 cm³/mol. The summed E-state index contributed by atoms with van der Waals surface area (Å²) in [6, 6.07) is 15.3. The number of nitrogens with zero attached hydrogens (tertiary/aromatic N) is 3. The third-order valence-electron chi connectivity index (χ3n) is 5.06. The summed E-state index contributed by atoms with van der Waals surface area (Å²) in [7, 11) is 1.63. The van der Waals surface area contributed by atoms with Gasteiger partial charge in [-0.05, 0) is 60.9 Å². The minimum Gasteiger partial charge on any atom is -0.497 e. The Kier molecular flexibility index (Phi) is 5.70. The first-order valence-electron chi connectivity index (χ1n) is 9.88. The van der Waals surface area contributed by atoms with Crippen LogP contribution in [0.3, 0.4) is 0 Å². The lowest BCUT2D eigenvalue weighted by atomic mass is 10.2. The molecule has 0 aliphatic carbocycles. The maximum absolute atomic E-state index is 12.2. The van der Waals surface area contributed by atoms with Crippen molar-refractivity contribution < 1.29 is 9.53 Å². The van der Waals surface area contributed by atoms with E-state index in [2.05, 4.69) is 20.1 Å². The molecule has 1 N–H and O–H groups in total. The molecule has 0 spiro atoms. The monoisotopic (exact) mass is 388 g/mol. The van der Waals surface area contributed by atoms with Crippen molar-refractivity contribution in [2.45, 2.75) is 32.2 Å². The summed E-state index contributed by atoms with van der Waals surface area (Å²) in [4.78, 5) is 12.2. The first kappa shape index (κ1) is 18.9. The van der Waals surface area contributed by atoms with Crippen LogP contribution in [0.25, 0.3) is 17.5 Å². The number of benzene rings is 2. The number of nitrogens with one attached hydrogen (secondary N) is 1. The number of ether oxygens (including phenoxy) is 1. The lowest BCUT2D eigenvalue weighted by Crippen LogP contribution is -2.07. The van der Waals surface area contributed by atoms with Crippen molar-refractivity contribution in [1.29, 1.82) is 0 Å². The fourth-order valence-electron chi connectivity index (χ4n) is 3.47. The number of carbonyl (C=O) groups excluding carboxylic acids is 1. The van der Waals surface area contributed by atoms with E-state index in [1.165, 1.54) is 18.9 Å². The van der Waals surface area contributed by atoms with Crippen molar-refractivity contribution in [2.24, 2.45) is 0 Å². The maximum Gasteiger partial charge on any atom is 0.248 e. The second-order valence-electron chi connectivity index (χ2n) is 7.08. The topological polar surface area (TPSA) is 69.0 Å². The van der Waals surface area contributed by atoms with Gasteiger partial charge in [0.25, 0.3) is 0 Å². The van der Waals surface area contributed by atoms with Crippen LogP contribution in [-0.4, -0.2) is 27.8 Å². The summed E-state index contributed by atoms with van der Waals surface area (Å²) >= 11 is 0. The lowest BCUT2D eigenvalue weighted by Gasteiger charge is -2.08. The van der Waals surface area contributed by atoms with E-state index in [1.54, 1.807) is 13.2 Å². The highest BCUT2D eigenvalue weighted by Crippen LogP contribution is 2.24. The molecule has 0 bridgehead atoms. The summed E-state index contributed by atoms with van der Waals surface area (Å²) in [5.74, 6) is 2.58. The Labute approximate surface area is 170 Å². The number of hydrogen-bond donors (Lipinski definition) is 1. The Morgan fingerprint density at radius 3 is 2.59 bits per heavy atom. The molecule has 2 heterocycles. The zero-order chi connectivity index (χ0) is 20.1. The van der Waals surface area contributed by atoms with Crippen LogP contribution in [0.4, 0.5) is 5.69 Å². The molecule has 0 saturated heterocycles. The molecule has 1 amide bonds. The summed E-state index contributed by atoms with van der Waals surface area (Å²) in [6.07, 6.45) is 7.85. The molecule has 6 nitrogen and oxygen atoms in total.